The maximum absolute atomic E-state index is 13.1. The molecule has 2 N–H and O–H groups in total. The lowest BCUT2D eigenvalue weighted by Crippen LogP contribution is -2.24. The maximum atomic E-state index is 13.1. The van der Waals surface area contributed by atoms with Gasteiger partial charge in [0.25, 0.3) is 0 Å². The maximum Gasteiger partial charge on any atom is 0.168 e. The second-order valence-corrected chi connectivity index (χ2v) is 3.06. The Balaban J connectivity index is 2.40. The van der Waals surface area contributed by atoms with Gasteiger partial charge in [0.15, 0.2) is 11.6 Å². The molecule has 0 aromatic heterocycles. The van der Waals surface area contributed by atoms with Gasteiger partial charge in [0.1, 0.15) is 11.9 Å². The summed E-state index contributed by atoms with van der Waals surface area (Å²) in [6.07, 6.45) is 0.270. The first-order chi connectivity index (χ1) is 6.20. The molecule has 1 aliphatic rings. The zero-order chi connectivity index (χ0) is 9.42. The van der Waals surface area contributed by atoms with E-state index in [1.54, 1.807) is 0 Å². The van der Waals surface area contributed by atoms with Gasteiger partial charge < -0.3 is 10.5 Å². The third-order valence-electron chi connectivity index (χ3n) is 2.08. The van der Waals surface area contributed by atoms with E-state index in [1.165, 1.54) is 6.07 Å². The van der Waals surface area contributed by atoms with Gasteiger partial charge in [-0.3, -0.25) is 0 Å². The van der Waals surface area contributed by atoms with Gasteiger partial charge in [-0.1, -0.05) is 0 Å². The zero-order valence-corrected chi connectivity index (χ0v) is 6.89. The average molecular weight is 185 g/mol. The number of ether oxygens (including phenoxy) is 1. The third-order valence-corrected chi connectivity index (χ3v) is 2.08. The van der Waals surface area contributed by atoms with Crippen molar-refractivity contribution >= 4 is 0 Å². The van der Waals surface area contributed by atoms with E-state index >= 15 is 0 Å². The Morgan fingerprint density at radius 2 is 2.23 bits per heavy atom. The number of rotatable bonds is 1. The van der Waals surface area contributed by atoms with Crippen LogP contribution in [0.1, 0.15) is 5.56 Å². The van der Waals surface area contributed by atoms with Crippen molar-refractivity contribution in [2.24, 2.45) is 5.73 Å². The lowest BCUT2D eigenvalue weighted by atomic mass is 10.1. The Hall–Kier alpha value is -1.16. The molecule has 0 radical (unpaired) electrons. The Labute approximate surface area is 74.3 Å². The van der Waals surface area contributed by atoms with Crippen LogP contribution in [0, 0.1) is 11.6 Å². The van der Waals surface area contributed by atoms with E-state index in [0.29, 0.717) is 18.5 Å². The van der Waals surface area contributed by atoms with Crippen LogP contribution in [0.5, 0.6) is 5.75 Å². The van der Waals surface area contributed by atoms with Crippen molar-refractivity contribution < 1.29 is 13.5 Å². The topological polar surface area (TPSA) is 35.2 Å². The van der Waals surface area contributed by atoms with Crippen LogP contribution in [0.2, 0.25) is 0 Å². The fourth-order valence-electron chi connectivity index (χ4n) is 1.48. The molecule has 1 unspecified atom stereocenters. The van der Waals surface area contributed by atoms with E-state index in [-0.39, 0.29) is 11.9 Å². The molecule has 0 bridgehead atoms. The molecule has 0 spiro atoms. The molecular weight excluding hydrogens is 176 g/mol. The van der Waals surface area contributed by atoms with E-state index in [9.17, 15) is 8.78 Å². The van der Waals surface area contributed by atoms with Gasteiger partial charge in [-0.25, -0.2) is 8.78 Å². The van der Waals surface area contributed by atoms with Crippen molar-refractivity contribution in [3.05, 3.63) is 29.3 Å². The van der Waals surface area contributed by atoms with Gasteiger partial charge in [0.05, 0.1) is 0 Å². The number of hydrogen-bond acceptors (Lipinski definition) is 2. The van der Waals surface area contributed by atoms with Crippen LogP contribution in [-0.2, 0) is 6.42 Å². The largest absolute Gasteiger partial charge is 0.485 e. The van der Waals surface area contributed by atoms with Crippen LogP contribution < -0.4 is 10.5 Å². The highest BCUT2D eigenvalue weighted by atomic mass is 19.1. The van der Waals surface area contributed by atoms with Crippen molar-refractivity contribution in [3.8, 4) is 5.75 Å². The van der Waals surface area contributed by atoms with Gasteiger partial charge in [-0.2, -0.15) is 0 Å². The lowest BCUT2D eigenvalue weighted by Gasteiger charge is -2.06. The minimum atomic E-state index is -0.647. The van der Waals surface area contributed by atoms with Crippen LogP contribution in [0.15, 0.2) is 12.1 Å². The van der Waals surface area contributed by atoms with Crippen LogP contribution >= 0.6 is 0 Å². The summed E-state index contributed by atoms with van der Waals surface area (Å²) in [5.74, 6) is -1.07. The van der Waals surface area contributed by atoms with E-state index in [4.69, 9.17) is 10.5 Å². The SMILES string of the molecule is NCC1Cc2cc(F)cc(F)c2O1. The summed E-state index contributed by atoms with van der Waals surface area (Å²) in [5.41, 5.74) is 5.92. The normalized spacial score (nSPS) is 19.8. The third kappa shape index (κ3) is 1.37. The van der Waals surface area contributed by atoms with Gasteiger partial charge in [-0.15, -0.1) is 0 Å². The van der Waals surface area contributed by atoms with Crippen molar-refractivity contribution in [2.75, 3.05) is 6.54 Å². The molecule has 1 aromatic rings. The zero-order valence-electron chi connectivity index (χ0n) is 6.89. The molecule has 13 heavy (non-hydrogen) atoms. The molecule has 2 nitrogen and oxygen atoms in total. The van der Waals surface area contributed by atoms with Crippen molar-refractivity contribution in [3.63, 3.8) is 0 Å². The molecule has 1 heterocycles. The van der Waals surface area contributed by atoms with Gasteiger partial charge in [-0.05, 0) is 6.07 Å². The summed E-state index contributed by atoms with van der Waals surface area (Å²) in [5, 5.41) is 0. The molecule has 1 aromatic carbocycles. The van der Waals surface area contributed by atoms with E-state index in [1.807, 2.05) is 0 Å². The van der Waals surface area contributed by atoms with E-state index in [0.717, 1.165) is 6.07 Å². The summed E-state index contributed by atoms with van der Waals surface area (Å²) in [7, 11) is 0. The molecule has 70 valence electrons. The van der Waals surface area contributed by atoms with Gasteiger partial charge in [0.2, 0.25) is 0 Å². The van der Waals surface area contributed by atoms with Gasteiger partial charge >= 0.3 is 0 Å². The summed E-state index contributed by atoms with van der Waals surface area (Å²) >= 11 is 0. The molecule has 0 fully saturated rings. The number of benzene rings is 1. The molecule has 0 aliphatic carbocycles. The predicted molar refractivity (Wildman–Crippen MR) is 43.5 cm³/mol. The molecule has 2 rings (SSSR count). The van der Waals surface area contributed by atoms with Crippen LogP contribution in [-0.4, -0.2) is 12.6 Å². The highest BCUT2D eigenvalue weighted by molar-refractivity contribution is 5.39. The Morgan fingerprint density at radius 3 is 2.92 bits per heavy atom. The smallest absolute Gasteiger partial charge is 0.168 e. The first-order valence-corrected chi connectivity index (χ1v) is 4.05. The van der Waals surface area contributed by atoms with Crippen LogP contribution in [0.25, 0.3) is 0 Å². The quantitative estimate of drug-likeness (QED) is 0.714. The number of fused-ring (bicyclic) bond motifs is 1. The fraction of sp³-hybridized carbons (Fsp3) is 0.333. The molecule has 1 aliphatic heterocycles. The Morgan fingerprint density at radius 1 is 1.46 bits per heavy atom. The second-order valence-electron chi connectivity index (χ2n) is 3.06. The monoisotopic (exact) mass is 185 g/mol. The summed E-state index contributed by atoms with van der Waals surface area (Å²) in [6, 6.07) is 2.10. The molecular formula is C9H9F2NO. The standard InChI is InChI=1S/C9H9F2NO/c10-6-1-5-2-7(4-12)13-9(5)8(11)3-6/h1,3,7H,2,4,12H2. The minimum absolute atomic E-state index is 0.150. The molecule has 0 amide bonds. The number of nitrogens with two attached hydrogens (primary N) is 1. The average Bonchev–Trinajstić information content (AvgIpc) is 2.47. The molecule has 0 saturated carbocycles. The summed E-state index contributed by atoms with van der Waals surface area (Å²) in [4.78, 5) is 0. The van der Waals surface area contributed by atoms with Crippen molar-refractivity contribution in [2.45, 2.75) is 12.5 Å². The predicted octanol–water partition coefficient (Wildman–Crippen LogP) is 1.23. The first-order valence-electron chi connectivity index (χ1n) is 4.05. The van der Waals surface area contributed by atoms with E-state index in [2.05, 4.69) is 0 Å². The summed E-state index contributed by atoms with van der Waals surface area (Å²) < 4.78 is 31.0. The Kier molecular flexibility index (Phi) is 1.92. The minimum Gasteiger partial charge on any atom is -0.485 e. The Bertz CT molecular complexity index is 341. The number of hydrogen-bond donors (Lipinski definition) is 1. The highest BCUT2D eigenvalue weighted by Gasteiger charge is 2.25. The molecule has 4 heteroatoms. The van der Waals surface area contributed by atoms with Crippen LogP contribution in [0.4, 0.5) is 8.78 Å². The molecule has 1 atom stereocenters. The van der Waals surface area contributed by atoms with E-state index < -0.39 is 11.6 Å². The second kappa shape index (κ2) is 2.96. The summed E-state index contributed by atoms with van der Waals surface area (Å²) in [6.45, 7) is 0.315. The van der Waals surface area contributed by atoms with Crippen LogP contribution in [0.3, 0.4) is 0 Å². The first kappa shape index (κ1) is 8.44. The van der Waals surface area contributed by atoms with Crippen molar-refractivity contribution in [1.29, 1.82) is 0 Å². The van der Waals surface area contributed by atoms with Gasteiger partial charge in [0, 0.05) is 24.6 Å². The number of halogens is 2. The molecule has 0 saturated heterocycles. The highest BCUT2D eigenvalue weighted by Crippen LogP contribution is 2.31. The van der Waals surface area contributed by atoms with Crippen molar-refractivity contribution in [1.82, 2.24) is 0 Å². The fourth-order valence-corrected chi connectivity index (χ4v) is 1.48. The lowest BCUT2D eigenvalue weighted by molar-refractivity contribution is 0.232.